The zero-order valence-corrected chi connectivity index (χ0v) is 20.5. The Hall–Kier alpha value is -3.12. The van der Waals surface area contributed by atoms with Gasteiger partial charge in [-0.25, -0.2) is 0 Å². The highest BCUT2D eigenvalue weighted by atomic mass is 16.2. The summed E-state index contributed by atoms with van der Waals surface area (Å²) < 4.78 is 0. The lowest BCUT2D eigenvalue weighted by Crippen LogP contribution is -2.55. The number of likely N-dealkylation sites (N-methyl/N-ethyl adjacent to an activating group) is 1. The predicted octanol–water partition coefficient (Wildman–Crippen LogP) is 4.56. The maximum atomic E-state index is 14.3. The van der Waals surface area contributed by atoms with Crippen molar-refractivity contribution < 1.29 is 9.59 Å². The highest BCUT2D eigenvalue weighted by Gasteiger charge is 2.45. The number of carbonyl (C=O) groups excluding carboxylic acids is 2. The van der Waals surface area contributed by atoms with Gasteiger partial charge in [-0.1, -0.05) is 55.7 Å². The van der Waals surface area contributed by atoms with Crippen LogP contribution in [0.1, 0.15) is 65.5 Å². The van der Waals surface area contributed by atoms with Crippen LogP contribution in [0.2, 0.25) is 0 Å². The number of aromatic nitrogens is 1. The highest BCUT2D eigenvalue weighted by molar-refractivity contribution is 6.02. The van der Waals surface area contributed by atoms with Crippen molar-refractivity contribution in [3.05, 3.63) is 71.4 Å². The summed E-state index contributed by atoms with van der Waals surface area (Å²) in [5, 5.41) is 1.07. The average molecular weight is 471 g/mol. The molecule has 2 aliphatic heterocycles. The number of piperazine rings is 1. The number of H-pyrrole nitrogens is 1. The van der Waals surface area contributed by atoms with Gasteiger partial charge in [-0.05, 0) is 30.5 Å². The van der Waals surface area contributed by atoms with Crippen molar-refractivity contribution in [1.29, 1.82) is 0 Å². The van der Waals surface area contributed by atoms with Gasteiger partial charge in [0.25, 0.3) is 5.91 Å². The molecule has 6 rings (SSSR count). The second-order valence-electron chi connectivity index (χ2n) is 10.4. The number of amides is 2. The molecule has 2 amide bonds. The Kier molecular flexibility index (Phi) is 5.85. The van der Waals surface area contributed by atoms with E-state index in [4.69, 9.17) is 0 Å². The number of nitrogens with one attached hydrogen (secondary N) is 1. The Balaban J connectivity index is 1.34. The molecule has 3 aromatic rings. The van der Waals surface area contributed by atoms with Gasteiger partial charge in [0, 0.05) is 67.5 Å². The summed E-state index contributed by atoms with van der Waals surface area (Å²) in [5.41, 5.74) is 3.52. The number of fused-ring (bicyclic) bond motifs is 2. The van der Waals surface area contributed by atoms with Crippen LogP contribution in [-0.4, -0.2) is 70.8 Å². The van der Waals surface area contributed by atoms with Gasteiger partial charge in [-0.15, -0.1) is 0 Å². The van der Waals surface area contributed by atoms with Crippen LogP contribution in [0.3, 0.4) is 0 Å². The van der Waals surface area contributed by atoms with Crippen molar-refractivity contribution in [2.45, 2.75) is 50.1 Å². The Morgan fingerprint density at radius 2 is 1.60 bits per heavy atom. The molecule has 35 heavy (non-hydrogen) atoms. The van der Waals surface area contributed by atoms with E-state index in [0.29, 0.717) is 11.6 Å². The molecule has 2 unspecified atom stereocenters. The molecule has 0 radical (unpaired) electrons. The number of nitrogens with zero attached hydrogens (tertiary/aromatic N) is 3. The van der Waals surface area contributed by atoms with E-state index in [-0.39, 0.29) is 17.9 Å². The Bertz CT molecular complexity index is 1240. The highest BCUT2D eigenvalue weighted by Crippen LogP contribution is 2.45. The van der Waals surface area contributed by atoms with Gasteiger partial charge in [0.05, 0.1) is 12.0 Å². The van der Waals surface area contributed by atoms with Gasteiger partial charge < -0.3 is 14.8 Å². The summed E-state index contributed by atoms with van der Waals surface area (Å²) in [6, 6.07) is 16.1. The average Bonchev–Trinajstić information content (AvgIpc) is 3.34. The van der Waals surface area contributed by atoms with Crippen LogP contribution in [0.25, 0.3) is 10.9 Å². The third kappa shape index (κ3) is 3.84. The van der Waals surface area contributed by atoms with Crippen molar-refractivity contribution in [2.75, 3.05) is 33.2 Å². The molecule has 182 valence electrons. The van der Waals surface area contributed by atoms with E-state index in [2.05, 4.69) is 16.0 Å². The first-order chi connectivity index (χ1) is 17.1. The summed E-state index contributed by atoms with van der Waals surface area (Å²) in [5.74, 6) is -0.313. The number of aromatic amines is 1. The number of para-hydroxylation sites is 1. The molecule has 1 aliphatic carbocycles. The first-order valence-electron chi connectivity index (χ1n) is 13.1. The van der Waals surface area contributed by atoms with E-state index in [1.807, 2.05) is 60.6 Å². The molecule has 3 aliphatic rings. The summed E-state index contributed by atoms with van der Waals surface area (Å²) in [4.78, 5) is 37.4. The molecule has 6 nitrogen and oxygen atoms in total. The zero-order chi connectivity index (χ0) is 23.9. The van der Waals surface area contributed by atoms with Gasteiger partial charge in [0.2, 0.25) is 5.91 Å². The third-order valence-electron chi connectivity index (χ3n) is 8.50. The van der Waals surface area contributed by atoms with Crippen molar-refractivity contribution in [3.63, 3.8) is 0 Å². The summed E-state index contributed by atoms with van der Waals surface area (Å²) >= 11 is 0. The number of hydrogen-bond acceptors (Lipinski definition) is 3. The van der Waals surface area contributed by atoms with Gasteiger partial charge in [-0.3, -0.25) is 14.5 Å². The van der Waals surface area contributed by atoms with Gasteiger partial charge >= 0.3 is 0 Å². The molecule has 2 aromatic carbocycles. The predicted molar refractivity (Wildman–Crippen MR) is 137 cm³/mol. The molecule has 1 N–H and O–H groups in total. The number of hydrogen-bond donors (Lipinski definition) is 1. The van der Waals surface area contributed by atoms with Crippen LogP contribution in [-0.2, 0) is 4.79 Å². The summed E-state index contributed by atoms with van der Waals surface area (Å²) in [6.07, 6.45) is 8.58. The molecule has 2 fully saturated rings. The Labute approximate surface area is 206 Å². The maximum Gasteiger partial charge on any atom is 0.254 e. The minimum atomic E-state index is -0.422. The lowest BCUT2D eigenvalue weighted by molar-refractivity contribution is -0.136. The molecule has 1 saturated heterocycles. The van der Waals surface area contributed by atoms with E-state index in [0.717, 1.165) is 48.2 Å². The van der Waals surface area contributed by atoms with E-state index in [1.165, 1.54) is 32.1 Å². The van der Waals surface area contributed by atoms with Crippen LogP contribution in [0.15, 0.2) is 54.7 Å². The fourth-order valence-electron chi connectivity index (χ4n) is 6.62. The van der Waals surface area contributed by atoms with Crippen LogP contribution in [0.4, 0.5) is 0 Å². The maximum absolute atomic E-state index is 14.3. The number of rotatable bonds is 3. The monoisotopic (exact) mass is 470 g/mol. The Morgan fingerprint density at radius 1 is 0.886 bits per heavy atom. The molecule has 6 heteroatoms. The third-order valence-corrected chi connectivity index (χ3v) is 8.50. The second kappa shape index (κ2) is 9.15. The molecule has 0 bridgehead atoms. The summed E-state index contributed by atoms with van der Waals surface area (Å²) in [7, 11) is 1.84. The van der Waals surface area contributed by atoms with Crippen LogP contribution in [0, 0.1) is 0 Å². The van der Waals surface area contributed by atoms with Crippen molar-refractivity contribution >= 4 is 22.7 Å². The van der Waals surface area contributed by atoms with Gasteiger partial charge in [0.1, 0.15) is 0 Å². The van der Waals surface area contributed by atoms with Crippen molar-refractivity contribution in [1.82, 2.24) is 19.7 Å². The zero-order valence-electron chi connectivity index (χ0n) is 20.5. The van der Waals surface area contributed by atoms with E-state index < -0.39 is 5.92 Å². The van der Waals surface area contributed by atoms with E-state index in [9.17, 15) is 9.59 Å². The standard InChI is InChI=1S/C29H34N4O2/c1-31-27(24-19-30-25-14-8-7-11-21(24)25)26(22-12-5-6-13-23(22)28(31)34)29(35)33-17-15-32(16-18-33)20-9-3-2-4-10-20/h5-8,11-14,19-20,26-27,30H,2-4,9-10,15-18H2,1H3. The normalized spacial score (nSPS) is 24.1. The first kappa shape index (κ1) is 22.4. The van der Waals surface area contributed by atoms with Gasteiger partial charge in [0.15, 0.2) is 0 Å². The second-order valence-corrected chi connectivity index (χ2v) is 10.4. The lowest BCUT2D eigenvalue weighted by atomic mass is 9.79. The molecule has 2 atom stereocenters. The van der Waals surface area contributed by atoms with Crippen molar-refractivity contribution in [3.8, 4) is 0 Å². The number of carbonyl (C=O) groups is 2. The first-order valence-corrected chi connectivity index (χ1v) is 13.1. The molecular weight excluding hydrogens is 436 g/mol. The number of benzene rings is 2. The van der Waals surface area contributed by atoms with Crippen LogP contribution >= 0.6 is 0 Å². The SMILES string of the molecule is CN1C(=O)c2ccccc2C(C(=O)N2CCN(C3CCCCC3)CC2)C1c1c[nH]c2ccccc12. The lowest BCUT2D eigenvalue weighted by Gasteiger charge is -2.44. The van der Waals surface area contributed by atoms with Gasteiger partial charge in [-0.2, -0.15) is 0 Å². The molecule has 1 saturated carbocycles. The minimum Gasteiger partial charge on any atom is -0.361 e. The molecule has 3 heterocycles. The molecular formula is C29H34N4O2. The molecule has 0 spiro atoms. The summed E-state index contributed by atoms with van der Waals surface area (Å²) in [6.45, 7) is 3.40. The largest absolute Gasteiger partial charge is 0.361 e. The van der Waals surface area contributed by atoms with Crippen LogP contribution < -0.4 is 0 Å². The van der Waals surface area contributed by atoms with E-state index >= 15 is 0 Å². The fourth-order valence-corrected chi connectivity index (χ4v) is 6.62. The van der Waals surface area contributed by atoms with E-state index in [1.54, 1.807) is 4.90 Å². The molecule has 1 aromatic heterocycles. The smallest absolute Gasteiger partial charge is 0.254 e. The minimum absolute atomic E-state index is 0.0259. The topological polar surface area (TPSA) is 59.7 Å². The fraction of sp³-hybridized carbons (Fsp3) is 0.448. The van der Waals surface area contributed by atoms with Crippen molar-refractivity contribution in [2.24, 2.45) is 0 Å². The Morgan fingerprint density at radius 3 is 2.40 bits per heavy atom. The van der Waals surface area contributed by atoms with Crippen LogP contribution in [0.5, 0.6) is 0 Å². The quantitative estimate of drug-likeness (QED) is 0.611.